The molecule has 0 bridgehead atoms. The van der Waals surface area contributed by atoms with Crippen LogP contribution in [0.2, 0.25) is 0 Å². The van der Waals surface area contributed by atoms with Gasteiger partial charge in [-0.15, -0.1) is 0 Å². The van der Waals surface area contributed by atoms with Gasteiger partial charge in [0.1, 0.15) is 5.82 Å². The van der Waals surface area contributed by atoms with Crippen molar-refractivity contribution in [1.82, 2.24) is 0 Å². The lowest BCUT2D eigenvalue weighted by Gasteiger charge is -2.37. The third kappa shape index (κ3) is 2.69. The fourth-order valence-corrected chi connectivity index (χ4v) is 5.23. The maximum absolute atomic E-state index is 14.1. The number of benzene rings is 2. The van der Waals surface area contributed by atoms with E-state index in [0.717, 1.165) is 10.2 Å². The topological polar surface area (TPSA) is 40.6 Å². The number of halogens is 2. The SMILES string of the molecule is Cc1cc(Br)ccc1S(=O)(=O)N1CCN(C)c2ccc(F)c(C)c21. The van der Waals surface area contributed by atoms with Gasteiger partial charge in [-0.25, -0.2) is 12.8 Å². The molecule has 0 aromatic heterocycles. The number of aryl methyl sites for hydroxylation is 1. The maximum atomic E-state index is 14.1. The van der Waals surface area contributed by atoms with Crippen molar-refractivity contribution in [3.8, 4) is 0 Å². The molecule has 0 spiro atoms. The Bertz CT molecular complexity index is 915. The lowest BCUT2D eigenvalue weighted by atomic mass is 10.1. The number of likely N-dealkylation sites (N-methyl/N-ethyl adjacent to an activating group) is 1. The van der Waals surface area contributed by atoms with Crippen LogP contribution in [0, 0.1) is 19.7 Å². The molecule has 0 saturated heterocycles. The zero-order valence-electron chi connectivity index (χ0n) is 13.7. The highest BCUT2D eigenvalue weighted by Crippen LogP contribution is 2.40. The molecular formula is C17H18BrFN2O2S. The predicted molar refractivity (Wildman–Crippen MR) is 97.8 cm³/mol. The predicted octanol–water partition coefficient (Wildman–Crippen LogP) is 3.85. The Kier molecular flexibility index (Phi) is 4.34. The standard InChI is InChI=1S/C17H18BrFN2O2S/c1-11-10-13(18)4-7-16(11)24(22,23)21-9-8-20(3)15-6-5-14(19)12(2)17(15)21/h4-7,10H,8-9H2,1-3H3. The van der Waals surface area contributed by atoms with Crippen LogP contribution in [0.5, 0.6) is 0 Å². The Hall–Kier alpha value is -1.60. The van der Waals surface area contributed by atoms with Crippen LogP contribution in [-0.4, -0.2) is 28.6 Å². The van der Waals surface area contributed by atoms with Gasteiger partial charge < -0.3 is 4.90 Å². The number of hydrogen-bond donors (Lipinski definition) is 0. The number of nitrogens with zero attached hydrogens (tertiary/aromatic N) is 2. The fourth-order valence-electron chi connectivity index (χ4n) is 3.02. The van der Waals surface area contributed by atoms with Gasteiger partial charge in [0.05, 0.1) is 22.8 Å². The summed E-state index contributed by atoms with van der Waals surface area (Å²) in [5.41, 5.74) is 2.14. The molecule has 0 radical (unpaired) electrons. The van der Waals surface area contributed by atoms with Crippen LogP contribution in [-0.2, 0) is 10.0 Å². The lowest BCUT2D eigenvalue weighted by molar-refractivity contribution is 0.587. The van der Waals surface area contributed by atoms with Crippen molar-refractivity contribution in [2.45, 2.75) is 18.7 Å². The number of anilines is 2. The second-order valence-electron chi connectivity index (χ2n) is 5.95. The number of rotatable bonds is 2. The molecule has 7 heteroatoms. The lowest BCUT2D eigenvalue weighted by Crippen LogP contribution is -2.43. The minimum absolute atomic E-state index is 0.241. The molecule has 0 saturated carbocycles. The fraction of sp³-hybridized carbons (Fsp3) is 0.294. The van der Waals surface area contributed by atoms with E-state index in [1.54, 1.807) is 38.1 Å². The van der Waals surface area contributed by atoms with Crippen molar-refractivity contribution < 1.29 is 12.8 Å². The van der Waals surface area contributed by atoms with E-state index in [2.05, 4.69) is 15.9 Å². The summed E-state index contributed by atoms with van der Waals surface area (Å²) >= 11 is 3.35. The summed E-state index contributed by atoms with van der Waals surface area (Å²) in [6, 6.07) is 8.07. The van der Waals surface area contributed by atoms with Gasteiger partial charge in [-0.05, 0) is 49.7 Å². The Morgan fingerprint density at radius 1 is 1.12 bits per heavy atom. The van der Waals surface area contributed by atoms with E-state index in [1.807, 2.05) is 11.9 Å². The number of hydrogen-bond acceptors (Lipinski definition) is 3. The Labute approximate surface area is 150 Å². The minimum Gasteiger partial charge on any atom is -0.371 e. The van der Waals surface area contributed by atoms with Crippen LogP contribution in [0.15, 0.2) is 39.7 Å². The van der Waals surface area contributed by atoms with Gasteiger partial charge >= 0.3 is 0 Å². The molecule has 2 aromatic rings. The molecule has 0 aliphatic carbocycles. The van der Waals surface area contributed by atoms with Crippen LogP contribution < -0.4 is 9.21 Å². The van der Waals surface area contributed by atoms with Crippen molar-refractivity contribution in [2.24, 2.45) is 0 Å². The molecule has 0 atom stereocenters. The Morgan fingerprint density at radius 2 is 1.83 bits per heavy atom. The highest BCUT2D eigenvalue weighted by Gasteiger charge is 2.33. The largest absolute Gasteiger partial charge is 0.371 e. The third-order valence-electron chi connectivity index (χ3n) is 4.35. The molecule has 0 fully saturated rings. The Morgan fingerprint density at radius 3 is 2.50 bits per heavy atom. The zero-order chi connectivity index (χ0) is 17.6. The summed E-state index contributed by atoms with van der Waals surface area (Å²) in [6.07, 6.45) is 0. The average Bonchev–Trinajstić information content (AvgIpc) is 2.50. The van der Waals surface area contributed by atoms with Gasteiger partial charge in [0.2, 0.25) is 0 Å². The van der Waals surface area contributed by atoms with Crippen LogP contribution in [0.3, 0.4) is 0 Å². The summed E-state index contributed by atoms with van der Waals surface area (Å²) in [7, 11) is -1.89. The molecule has 0 N–H and O–H groups in total. The first-order chi connectivity index (χ1) is 11.2. The van der Waals surface area contributed by atoms with Gasteiger partial charge in [-0.2, -0.15) is 0 Å². The van der Waals surface area contributed by atoms with E-state index in [4.69, 9.17) is 0 Å². The van der Waals surface area contributed by atoms with Gasteiger partial charge in [0.15, 0.2) is 0 Å². The van der Waals surface area contributed by atoms with Gasteiger partial charge in [0.25, 0.3) is 10.0 Å². The van der Waals surface area contributed by atoms with Crippen molar-refractivity contribution in [2.75, 3.05) is 29.3 Å². The highest BCUT2D eigenvalue weighted by molar-refractivity contribution is 9.10. The molecule has 24 heavy (non-hydrogen) atoms. The quantitative estimate of drug-likeness (QED) is 0.751. The highest BCUT2D eigenvalue weighted by atomic mass is 79.9. The van der Waals surface area contributed by atoms with Crippen LogP contribution in [0.1, 0.15) is 11.1 Å². The Balaban J connectivity index is 2.21. The first-order valence-electron chi connectivity index (χ1n) is 7.52. The van der Waals surface area contributed by atoms with Crippen molar-refractivity contribution in [1.29, 1.82) is 0 Å². The molecule has 2 aromatic carbocycles. The molecule has 1 aliphatic heterocycles. The normalized spacial score (nSPS) is 14.7. The number of sulfonamides is 1. The van der Waals surface area contributed by atoms with E-state index < -0.39 is 15.8 Å². The second kappa shape index (κ2) is 6.04. The van der Waals surface area contributed by atoms with E-state index in [0.29, 0.717) is 23.4 Å². The first-order valence-corrected chi connectivity index (χ1v) is 9.76. The van der Waals surface area contributed by atoms with Crippen molar-refractivity contribution in [3.05, 3.63) is 51.7 Å². The van der Waals surface area contributed by atoms with Crippen LogP contribution >= 0.6 is 15.9 Å². The molecule has 4 nitrogen and oxygen atoms in total. The molecule has 0 amide bonds. The maximum Gasteiger partial charge on any atom is 0.264 e. The van der Waals surface area contributed by atoms with Gasteiger partial charge in [-0.1, -0.05) is 15.9 Å². The minimum atomic E-state index is -3.77. The third-order valence-corrected chi connectivity index (χ3v) is 6.80. The molecule has 1 aliphatic rings. The van der Waals surface area contributed by atoms with E-state index >= 15 is 0 Å². The van der Waals surface area contributed by atoms with Crippen LogP contribution in [0.4, 0.5) is 15.8 Å². The monoisotopic (exact) mass is 412 g/mol. The molecule has 0 unspecified atom stereocenters. The first kappa shape index (κ1) is 17.2. The van der Waals surface area contributed by atoms with Crippen LogP contribution in [0.25, 0.3) is 0 Å². The van der Waals surface area contributed by atoms with E-state index in [9.17, 15) is 12.8 Å². The van der Waals surface area contributed by atoms with Gasteiger partial charge in [-0.3, -0.25) is 4.31 Å². The molecular weight excluding hydrogens is 395 g/mol. The smallest absolute Gasteiger partial charge is 0.264 e. The van der Waals surface area contributed by atoms with Gasteiger partial charge in [0, 0.05) is 23.6 Å². The molecule has 128 valence electrons. The summed E-state index contributed by atoms with van der Waals surface area (Å²) < 4.78 is 42.7. The summed E-state index contributed by atoms with van der Waals surface area (Å²) in [5.74, 6) is -0.406. The van der Waals surface area contributed by atoms with Crippen molar-refractivity contribution >= 4 is 37.3 Å². The summed E-state index contributed by atoms with van der Waals surface area (Å²) in [4.78, 5) is 2.19. The number of fused-ring (bicyclic) bond motifs is 1. The van der Waals surface area contributed by atoms with Crippen molar-refractivity contribution in [3.63, 3.8) is 0 Å². The van der Waals surface area contributed by atoms with E-state index in [1.165, 1.54) is 10.4 Å². The van der Waals surface area contributed by atoms with E-state index in [-0.39, 0.29) is 11.4 Å². The molecule has 1 heterocycles. The molecule has 3 rings (SSSR count). The average molecular weight is 413 g/mol. The summed E-state index contributed by atoms with van der Waals surface area (Å²) in [6.45, 7) is 4.20. The second-order valence-corrected chi connectivity index (χ2v) is 8.70. The summed E-state index contributed by atoms with van der Waals surface area (Å²) in [5, 5.41) is 0. The zero-order valence-corrected chi connectivity index (χ0v) is 16.1.